The SMILES string of the molecule is CC(=O)N[C@@H]1O[C@H](COC(C)=O)[C@@H](O[C@@H]2O[C@H](COC(C)=O)[C@H](OC(C)=O)[C@H](OC(C)=O)[C@H]2OC(C)=O)[C@H](OC(C)=O)[C@H]1OC(C)=O. The summed E-state index contributed by atoms with van der Waals surface area (Å²) in [6.07, 6.45) is -15.7. The molecule has 0 aromatic heterocycles. The first-order valence-corrected chi connectivity index (χ1v) is 14.3. The Hall–Kier alpha value is -4.36. The molecule has 1 N–H and O–H groups in total. The van der Waals surface area contributed by atoms with E-state index in [-0.39, 0.29) is 0 Å². The minimum absolute atomic E-state index is 0.577. The van der Waals surface area contributed by atoms with Gasteiger partial charge in [0.05, 0.1) is 0 Å². The van der Waals surface area contributed by atoms with Crippen molar-refractivity contribution in [1.29, 1.82) is 0 Å². The van der Waals surface area contributed by atoms with Crippen LogP contribution in [-0.4, -0.2) is 122 Å². The molecule has 0 bridgehead atoms. The van der Waals surface area contributed by atoms with Gasteiger partial charge in [0.2, 0.25) is 5.91 Å². The molecule has 0 radical (unpaired) electrons. The highest BCUT2D eigenvalue weighted by Gasteiger charge is 2.57. The van der Waals surface area contributed by atoms with Crippen LogP contribution in [0.4, 0.5) is 0 Å². The first kappa shape index (κ1) is 38.8. The number of esters is 7. The molecule has 2 aliphatic rings. The van der Waals surface area contributed by atoms with Gasteiger partial charge in [-0.3, -0.25) is 38.4 Å². The predicted octanol–water partition coefficient (Wildman–Crippen LogP) is -1.26. The maximum atomic E-state index is 12.3. The highest BCUT2D eigenvalue weighted by Crippen LogP contribution is 2.35. The first-order chi connectivity index (χ1) is 21.9. The summed E-state index contributed by atoms with van der Waals surface area (Å²) in [6.45, 7) is 7.30. The maximum Gasteiger partial charge on any atom is 0.303 e. The Morgan fingerprint density at radius 2 is 0.851 bits per heavy atom. The Morgan fingerprint density at radius 3 is 1.28 bits per heavy atom. The van der Waals surface area contributed by atoms with E-state index in [9.17, 15) is 38.4 Å². The average molecular weight is 678 g/mol. The van der Waals surface area contributed by atoms with Gasteiger partial charge in [0.15, 0.2) is 43.0 Å². The van der Waals surface area contributed by atoms with Crippen LogP contribution in [0.1, 0.15) is 55.4 Å². The van der Waals surface area contributed by atoms with E-state index >= 15 is 0 Å². The van der Waals surface area contributed by atoms with E-state index in [0.29, 0.717) is 0 Å². The summed E-state index contributed by atoms with van der Waals surface area (Å²) in [6, 6.07) is 0. The maximum absolute atomic E-state index is 12.3. The normalized spacial score (nSPS) is 30.0. The summed E-state index contributed by atoms with van der Waals surface area (Å²) in [5, 5.41) is 2.42. The van der Waals surface area contributed by atoms with Gasteiger partial charge in [-0.25, -0.2) is 0 Å². The van der Waals surface area contributed by atoms with Gasteiger partial charge in [-0.1, -0.05) is 0 Å². The zero-order valence-corrected chi connectivity index (χ0v) is 27.0. The van der Waals surface area contributed by atoms with Crippen LogP contribution in [0, 0.1) is 0 Å². The smallest absolute Gasteiger partial charge is 0.303 e. The third-order valence-corrected chi connectivity index (χ3v) is 6.27. The molecule has 10 atom stereocenters. The number of amides is 1. The molecule has 2 saturated heterocycles. The Labute approximate surface area is 269 Å². The van der Waals surface area contributed by atoms with E-state index in [1.807, 2.05) is 0 Å². The van der Waals surface area contributed by atoms with Crippen LogP contribution < -0.4 is 5.32 Å². The van der Waals surface area contributed by atoms with Crippen LogP contribution in [0.15, 0.2) is 0 Å². The van der Waals surface area contributed by atoms with E-state index in [0.717, 1.165) is 55.4 Å². The average Bonchev–Trinajstić information content (AvgIpc) is 2.91. The second-order valence-electron chi connectivity index (χ2n) is 10.4. The van der Waals surface area contributed by atoms with Crippen molar-refractivity contribution in [2.45, 2.75) is 117 Å². The van der Waals surface area contributed by atoms with Gasteiger partial charge in [-0.05, 0) is 0 Å². The monoisotopic (exact) mass is 677 g/mol. The quantitative estimate of drug-likeness (QED) is 0.187. The fraction of sp³-hybridized carbons (Fsp3) is 0.714. The van der Waals surface area contributed by atoms with E-state index < -0.39 is 122 Å². The molecule has 0 unspecified atom stereocenters. The third-order valence-electron chi connectivity index (χ3n) is 6.27. The lowest BCUT2D eigenvalue weighted by Gasteiger charge is -2.48. The first-order valence-electron chi connectivity index (χ1n) is 14.3. The number of carbonyl (C=O) groups is 8. The molecule has 47 heavy (non-hydrogen) atoms. The largest absolute Gasteiger partial charge is 0.463 e. The summed E-state index contributed by atoms with van der Waals surface area (Å²) in [5.41, 5.74) is 0. The van der Waals surface area contributed by atoms with Crippen molar-refractivity contribution in [3.63, 3.8) is 0 Å². The summed E-state index contributed by atoms with van der Waals surface area (Å²) in [5.74, 6) is -6.65. The summed E-state index contributed by atoms with van der Waals surface area (Å²) in [7, 11) is 0. The van der Waals surface area contributed by atoms with Crippen molar-refractivity contribution >= 4 is 47.7 Å². The minimum atomic E-state index is -1.81. The number of carbonyl (C=O) groups excluding carboxylic acids is 8. The Kier molecular flexibility index (Phi) is 14.5. The second kappa shape index (κ2) is 17.5. The Morgan fingerprint density at radius 1 is 0.468 bits per heavy atom. The van der Waals surface area contributed by atoms with Crippen molar-refractivity contribution < 1.29 is 85.7 Å². The lowest BCUT2D eigenvalue weighted by Crippen LogP contribution is -2.68. The van der Waals surface area contributed by atoms with Crippen molar-refractivity contribution in [1.82, 2.24) is 5.32 Å². The highest BCUT2D eigenvalue weighted by molar-refractivity contribution is 5.73. The molecule has 19 heteroatoms. The molecule has 2 aliphatic heterocycles. The zero-order valence-electron chi connectivity index (χ0n) is 27.0. The third kappa shape index (κ3) is 12.1. The van der Waals surface area contributed by atoms with E-state index in [2.05, 4.69) is 5.32 Å². The van der Waals surface area contributed by atoms with Crippen molar-refractivity contribution in [3.05, 3.63) is 0 Å². The molecule has 0 aromatic rings. The Bertz CT molecular complexity index is 1200. The van der Waals surface area contributed by atoms with Crippen molar-refractivity contribution in [3.8, 4) is 0 Å². The van der Waals surface area contributed by atoms with Gasteiger partial charge in [0.1, 0.15) is 31.5 Å². The number of ether oxygens (including phenoxy) is 10. The predicted molar refractivity (Wildman–Crippen MR) is 147 cm³/mol. The van der Waals surface area contributed by atoms with Gasteiger partial charge in [0.25, 0.3) is 0 Å². The number of hydrogen-bond acceptors (Lipinski definition) is 18. The lowest BCUT2D eigenvalue weighted by atomic mass is 9.95. The molecular weight excluding hydrogens is 638 g/mol. The van der Waals surface area contributed by atoms with Crippen LogP contribution in [0.5, 0.6) is 0 Å². The van der Waals surface area contributed by atoms with Crippen LogP contribution in [0.3, 0.4) is 0 Å². The molecule has 264 valence electrons. The van der Waals surface area contributed by atoms with Gasteiger partial charge in [-0.2, -0.15) is 0 Å². The van der Waals surface area contributed by atoms with Crippen molar-refractivity contribution in [2.75, 3.05) is 13.2 Å². The molecule has 19 nitrogen and oxygen atoms in total. The highest BCUT2D eigenvalue weighted by atomic mass is 16.8. The van der Waals surface area contributed by atoms with Crippen LogP contribution in [0.25, 0.3) is 0 Å². The molecule has 0 spiro atoms. The van der Waals surface area contributed by atoms with Gasteiger partial charge in [-0.15, -0.1) is 0 Å². The summed E-state index contributed by atoms with van der Waals surface area (Å²) in [4.78, 5) is 96.5. The van der Waals surface area contributed by atoms with Gasteiger partial charge in [0, 0.05) is 55.4 Å². The van der Waals surface area contributed by atoms with Gasteiger partial charge >= 0.3 is 41.8 Å². The summed E-state index contributed by atoms with van der Waals surface area (Å²) < 4.78 is 55.3. The molecule has 2 heterocycles. The van der Waals surface area contributed by atoms with Crippen LogP contribution in [-0.2, 0) is 85.7 Å². The zero-order chi connectivity index (χ0) is 35.6. The standard InChI is InChI=1S/C28H39NO18/c1-11(30)29-27-25(43-17(7)36)23(41-15(5)34)22(19(45-27)9-38-12(2)31)47-28-26(44-18(8)37)24(42-16(6)35)21(40-14(4)33)20(46-28)10-39-13(3)32/h19-28H,9-10H2,1-8H3,(H,29,30)/t19-,20-,21+,22-,23+,24+,25-,26-,27-,28+/m1/s1. The topological polar surface area (TPSA) is 241 Å². The fourth-order valence-corrected chi connectivity index (χ4v) is 4.83. The van der Waals surface area contributed by atoms with E-state index in [1.165, 1.54) is 0 Å². The molecular formula is C28H39NO18. The second-order valence-corrected chi connectivity index (χ2v) is 10.4. The van der Waals surface area contributed by atoms with E-state index in [4.69, 9.17) is 47.4 Å². The summed E-state index contributed by atoms with van der Waals surface area (Å²) >= 11 is 0. The van der Waals surface area contributed by atoms with Crippen LogP contribution >= 0.6 is 0 Å². The number of hydrogen-bond donors (Lipinski definition) is 1. The van der Waals surface area contributed by atoms with E-state index in [1.54, 1.807) is 0 Å². The molecule has 0 aliphatic carbocycles. The fourth-order valence-electron chi connectivity index (χ4n) is 4.83. The van der Waals surface area contributed by atoms with Crippen molar-refractivity contribution in [2.24, 2.45) is 0 Å². The molecule has 0 saturated carbocycles. The number of rotatable bonds is 12. The van der Waals surface area contributed by atoms with Crippen LogP contribution in [0.2, 0.25) is 0 Å². The number of nitrogens with one attached hydrogen (secondary N) is 1. The molecule has 1 amide bonds. The van der Waals surface area contributed by atoms with Gasteiger partial charge < -0.3 is 52.7 Å². The molecule has 2 fully saturated rings. The Balaban J connectivity index is 2.73. The lowest BCUT2D eigenvalue weighted by molar-refractivity contribution is -0.345. The molecule has 2 rings (SSSR count). The minimum Gasteiger partial charge on any atom is -0.463 e. The molecule has 0 aromatic carbocycles.